The van der Waals surface area contributed by atoms with Crippen molar-refractivity contribution >= 4 is 40.6 Å². The van der Waals surface area contributed by atoms with Crippen LogP contribution in [0.4, 0.5) is 13.2 Å². The van der Waals surface area contributed by atoms with E-state index in [4.69, 9.17) is 48.7 Å². The van der Waals surface area contributed by atoms with E-state index >= 15 is 0 Å². The Hall–Kier alpha value is -1.77. The van der Waals surface area contributed by atoms with E-state index in [-0.39, 0.29) is 23.8 Å². The first-order chi connectivity index (χ1) is 12.1. The largest absolute Gasteiger partial charge is 0.494 e. The molecule has 5 nitrogen and oxygen atoms in total. The minimum atomic E-state index is -4.84. The van der Waals surface area contributed by atoms with Gasteiger partial charge >= 0.3 is 21.7 Å². The second kappa shape index (κ2) is 6.75. The average molecular weight is 431 g/mol. The van der Waals surface area contributed by atoms with E-state index in [2.05, 4.69) is 4.99 Å². The van der Waals surface area contributed by atoms with E-state index in [0.717, 1.165) is 0 Å². The fourth-order valence-corrected chi connectivity index (χ4v) is 2.53. The Morgan fingerprint density at radius 1 is 1.04 bits per heavy atom. The number of furan rings is 1. The van der Waals surface area contributed by atoms with Crippen LogP contribution in [0.5, 0.6) is 11.5 Å². The predicted molar refractivity (Wildman–Crippen MR) is 88.3 cm³/mol. The minimum absolute atomic E-state index is 0.124. The molecule has 2 heterocycles. The number of amidine groups is 1. The van der Waals surface area contributed by atoms with E-state index in [1.807, 2.05) is 5.32 Å². The van der Waals surface area contributed by atoms with Crippen LogP contribution < -0.4 is 19.8 Å². The lowest BCUT2D eigenvalue weighted by Crippen LogP contribution is -2.82. The Labute approximate surface area is 160 Å². The van der Waals surface area contributed by atoms with Crippen LogP contribution in [0.25, 0.3) is 0 Å². The molecule has 1 aliphatic rings. The Kier molecular flexibility index (Phi) is 4.94. The Morgan fingerprint density at radius 2 is 1.65 bits per heavy atom. The lowest BCUT2D eigenvalue weighted by Gasteiger charge is -2.30. The molecule has 1 aliphatic heterocycles. The molecule has 140 valence electrons. The molecule has 0 bridgehead atoms. The molecule has 0 saturated carbocycles. The Morgan fingerprint density at radius 3 is 2.12 bits per heavy atom. The van der Waals surface area contributed by atoms with Crippen LogP contribution >= 0.6 is 34.8 Å². The van der Waals surface area contributed by atoms with Gasteiger partial charge in [0.1, 0.15) is 12.3 Å². The number of nitrogens with one attached hydrogen (secondary N) is 2. The number of alkyl halides is 6. The first-order valence-electron chi connectivity index (χ1n) is 7.13. The summed E-state index contributed by atoms with van der Waals surface area (Å²) in [5.74, 6) is -3.23. The first-order valence-corrected chi connectivity index (χ1v) is 8.26. The third-order valence-corrected chi connectivity index (χ3v) is 4.07. The predicted octanol–water partition coefficient (Wildman–Crippen LogP) is 2.91. The van der Waals surface area contributed by atoms with Gasteiger partial charge in [0.2, 0.25) is 0 Å². The van der Waals surface area contributed by atoms with Gasteiger partial charge in [0, 0.05) is 0 Å². The summed E-state index contributed by atoms with van der Waals surface area (Å²) in [5, 5.41) is 2.02. The zero-order chi connectivity index (χ0) is 19.0. The fourth-order valence-electron chi connectivity index (χ4n) is 2.16. The molecule has 0 saturated heterocycles. The van der Waals surface area contributed by atoms with Crippen LogP contribution in [0.3, 0.4) is 0 Å². The molecule has 2 aromatic rings. The maximum absolute atomic E-state index is 13.5. The standard InChI is InChI=1S/C15H10Cl3F3N2O3/c16-14(17,18)15(25-10-5-1-2-6-11(10)26-15)23-12(13(19,20)21)22-8-9-4-3-7-24-9/h1-7H,8H2,(H,22,23)/p+1. The summed E-state index contributed by atoms with van der Waals surface area (Å²) in [6, 6.07) is 9.18. The molecule has 1 aromatic heterocycles. The molecule has 26 heavy (non-hydrogen) atoms. The molecule has 3 rings (SSSR count). The smallest absolute Gasteiger partial charge is 0.465 e. The third kappa shape index (κ3) is 3.82. The van der Waals surface area contributed by atoms with Crippen molar-refractivity contribution in [3.8, 4) is 11.5 Å². The fraction of sp³-hybridized carbons (Fsp3) is 0.267. The van der Waals surface area contributed by atoms with Crippen molar-refractivity contribution in [3.05, 3.63) is 48.4 Å². The molecule has 0 spiro atoms. The normalized spacial score (nSPS) is 16.6. The SMILES string of the molecule is FC(F)(F)C(NC1(C(Cl)(Cl)Cl)Oc2ccccc2O1)=[NH+]Cc1ccco1. The van der Waals surface area contributed by atoms with Gasteiger partial charge in [-0.2, -0.15) is 18.5 Å². The van der Waals surface area contributed by atoms with E-state index < -0.39 is 21.7 Å². The number of fused-ring (bicyclic) bond motifs is 1. The summed E-state index contributed by atoms with van der Waals surface area (Å²) in [6.45, 7) is -0.266. The zero-order valence-corrected chi connectivity index (χ0v) is 15.0. The van der Waals surface area contributed by atoms with Crippen LogP contribution in [0, 0.1) is 0 Å². The van der Waals surface area contributed by atoms with E-state index in [1.54, 1.807) is 18.2 Å². The van der Waals surface area contributed by atoms with Gasteiger partial charge in [0.15, 0.2) is 11.5 Å². The number of hydrogen-bond acceptors (Lipinski definition) is 3. The summed E-state index contributed by atoms with van der Waals surface area (Å²) in [5.41, 5.74) is 0. The van der Waals surface area contributed by atoms with Gasteiger partial charge < -0.3 is 13.9 Å². The molecule has 0 radical (unpaired) electrons. The van der Waals surface area contributed by atoms with Crippen LogP contribution in [-0.2, 0) is 6.54 Å². The highest BCUT2D eigenvalue weighted by Crippen LogP contribution is 2.48. The van der Waals surface area contributed by atoms with Crippen LogP contribution in [0.1, 0.15) is 5.76 Å². The van der Waals surface area contributed by atoms with Gasteiger partial charge in [0.05, 0.1) is 6.26 Å². The Bertz CT molecular complexity index is 779. The molecule has 0 atom stereocenters. The van der Waals surface area contributed by atoms with Gasteiger partial charge in [-0.3, -0.25) is 4.99 Å². The molecular weight excluding hydrogens is 420 g/mol. The molecular formula is C15H11Cl3F3N2O3+. The lowest BCUT2D eigenvalue weighted by molar-refractivity contribution is -0.490. The Balaban J connectivity index is 1.93. The molecule has 1 aromatic carbocycles. The summed E-state index contributed by atoms with van der Waals surface area (Å²) in [7, 11) is 0. The molecule has 0 amide bonds. The highest BCUT2D eigenvalue weighted by molar-refractivity contribution is 6.68. The van der Waals surface area contributed by atoms with Crippen molar-refractivity contribution in [2.75, 3.05) is 0 Å². The second-order valence-electron chi connectivity index (χ2n) is 5.20. The minimum Gasteiger partial charge on any atom is -0.465 e. The van der Waals surface area contributed by atoms with Crippen molar-refractivity contribution in [2.45, 2.75) is 22.4 Å². The van der Waals surface area contributed by atoms with Crippen molar-refractivity contribution in [1.29, 1.82) is 0 Å². The molecule has 2 N–H and O–H groups in total. The van der Waals surface area contributed by atoms with Gasteiger partial charge in [-0.05, 0) is 24.3 Å². The first kappa shape index (κ1) is 19.0. The number of ether oxygens (including phenoxy) is 2. The quantitative estimate of drug-likeness (QED) is 0.447. The van der Waals surface area contributed by atoms with Crippen molar-refractivity contribution in [1.82, 2.24) is 5.32 Å². The number of para-hydroxylation sites is 2. The van der Waals surface area contributed by atoms with Crippen LogP contribution in [-0.4, -0.2) is 21.7 Å². The third-order valence-electron chi connectivity index (χ3n) is 3.32. The van der Waals surface area contributed by atoms with Crippen LogP contribution in [0.15, 0.2) is 47.1 Å². The molecule has 0 aliphatic carbocycles. The highest BCUT2D eigenvalue weighted by Gasteiger charge is 2.65. The number of halogens is 6. The van der Waals surface area contributed by atoms with Crippen molar-refractivity contribution in [2.24, 2.45) is 0 Å². The summed E-state index contributed by atoms with van der Waals surface area (Å²) < 4.78 is 53.8. The molecule has 11 heteroatoms. The monoisotopic (exact) mass is 429 g/mol. The van der Waals surface area contributed by atoms with Gasteiger partial charge in [-0.15, -0.1) is 0 Å². The average Bonchev–Trinajstić information content (AvgIpc) is 3.17. The van der Waals surface area contributed by atoms with E-state index in [1.165, 1.54) is 24.5 Å². The van der Waals surface area contributed by atoms with Crippen molar-refractivity contribution < 1.29 is 32.1 Å². The van der Waals surface area contributed by atoms with E-state index in [9.17, 15) is 13.2 Å². The van der Waals surface area contributed by atoms with Gasteiger partial charge in [-0.25, -0.2) is 0 Å². The van der Waals surface area contributed by atoms with Crippen molar-refractivity contribution in [3.63, 3.8) is 0 Å². The number of hydrogen-bond donors (Lipinski definition) is 2. The molecule has 0 unspecified atom stereocenters. The lowest BCUT2D eigenvalue weighted by atomic mass is 10.3. The summed E-state index contributed by atoms with van der Waals surface area (Å²) in [6.07, 6.45) is -3.50. The summed E-state index contributed by atoms with van der Waals surface area (Å²) >= 11 is 17.6. The van der Waals surface area contributed by atoms with Crippen LogP contribution in [0.2, 0.25) is 0 Å². The topological polar surface area (TPSA) is 57.6 Å². The maximum atomic E-state index is 13.5. The van der Waals surface area contributed by atoms with E-state index in [0.29, 0.717) is 0 Å². The number of benzene rings is 1. The zero-order valence-electron chi connectivity index (χ0n) is 12.7. The second-order valence-corrected chi connectivity index (χ2v) is 7.48. The highest BCUT2D eigenvalue weighted by atomic mass is 35.6. The van der Waals surface area contributed by atoms with Gasteiger partial charge in [-0.1, -0.05) is 46.9 Å². The maximum Gasteiger partial charge on any atom is 0.494 e. The molecule has 0 fully saturated rings. The number of rotatable bonds is 3. The summed E-state index contributed by atoms with van der Waals surface area (Å²) in [4.78, 5) is 2.16. The van der Waals surface area contributed by atoms with Gasteiger partial charge in [0.25, 0.3) is 0 Å².